The van der Waals surface area contributed by atoms with Gasteiger partial charge in [0.05, 0.1) is 5.75 Å². The van der Waals surface area contributed by atoms with Gasteiger partial charge in [0.15, 0.2) is 0 Å². The third-order valence-corrected chi connectivity index (χ3v) is 7.90. The van der Waals surface area contributed by atoms with Crippen molar-refractivity contribution >= 4 is 31.4 Å². The van der Waals surface area contributed by atoms with Crippen molar-refractivity contribution in [3.8, 4) is 0 Å². The maximum atomic E-state index is 11.8. The van der Waals surface area contributed by atoms with E-state index in [2.05, 4.69) is 4.72 Å². The molecular weight excluding hydrogens is 320 g/mol. The third kappa shape index (κ3) is 4.01. The Labute approximate surface area is 123 Å². The first-order valence-electron chi connectivity index (χ1n) is 6.43. The summed E-state index contributed by atoms with van der Waals surface area (Å²) >= 11 is 1.16. The Hall–Kier alpha value is -0.480. The molecule has 0 saturated carbocycles. The Morgan fingerprint density at radius 1 is 1.35 bits per heavy atom. The number of rotatable bonds is 6. The number of hydrogen-bond donors (Lipinski definition) is 1. The Morgan fingerprint density at radius 3 is 2.80 bits per heavy atom. The molecule has 1 saturated heterocycles. The highest BCUT2D eigenvalue weighted by Gasteiger charge is 2.25. The number of nitrogens with one attached hydrogen (secondary N) is 1. The van der Waals surface area contributed by atoms with Gasteiger partial charge in [0.1, 0.15) is 4.21 Å². The number of nitrogens with zero attached hydrogens (tertiary/aromatic N) is 1. The molecule has 0 bridgehead atoms. The van der Waals surface area contributed by atoms with Crippen LogP contribution in [-0.4, -0.2) is 46.5 Å². The molecule has 0 aliphatic carbocycles. The second kappa shape index (κ2) is 6.52. The minimum absolute atomic E-state index is 0.202. The smallest absolute Gasteiger partial charge is 0.212 e. The summed E-state index contributed by atoms with van der Waals surface area (Å²) in [5.41, 5.74) is 0. The first-order valence-corrected chi connectivity index (χ1v) is 10.4. The number of thiophene rings is 1. The van der Waals surface area contributed by atoms with Crippen molar-refractivity contribution in [1.29, 1.82) is 0 Å². The normalized spacial score (nSPS) is 20.0. The van der Waals surface area contributed by atoms with Gasteiger partial charge in [-0.25, -0.2) is 25.9 Å². The number of sulfonamides is 2. The molecule has 2 rings (SSSR count). The average Bonchev–Trinajstić information content (AvgIpc) is 2.90. The van der Waals surface area contributed by atoms with Gasteiger partial charge in [0.25, 0.3) is 0 Å². The summed E-state index contributed by atoms with van der Waals surface area (Å²) in [6, 6.07) is 3.22. The fraction of sp³-hybridized carbons (Fsp3) is 0.636. The van der Waals surface area contributed by atoms with E-state index in [4.69, 9.17) is 0 Å². The average molecular weight is 338 g/mol. The predicted octanol–water partition coefficient (Wildman–Crippen LogP) is 0.842. The fourth-order valence-corrected chi connectivity index (χ4v) is 5.79. The van der Waals surface area contributed by atoms with Gasteiger partial charge >= 0.3 is 0 Å². The maximum Gasteiger partial charge on any atom is 0.250 e. The molecular formula is C11H18N2O4S3. The Bertz CT molecular complexity index is 623. The van der Waals surface area contributed by atoms with Crippen LogP contribution in [0.5, 0.6) is 0 Å². The van der Waals surface area contributed by atoms with Gasteiger partial charge in [0, 0.05) is 19.6 Å². The highest BCUT2D eigenvalue weighted by atomic mass is 32.2. The van der Waals surface area contributed by atoms with Crippen LogP contribution >= 0.6 is 11.3 Å². The lowest BCUT2D eigenvalue weighted by atomic mass is 10.3. The molecule has 20 heavy (non-hydrogen) atoms. The van der Waals surface area contributed by atoms with Crippen molar-refractivity contribution in [2.75, 3.05) is 25.4 Å². The van der Waals surface area contributed by atoms with E-state index < -0.39 is 20.0 Å². The van der Waals surface area contributed by atoms with Crippen LogP contribution in [0.3, 0.4) is 0 Å². The summed E-state index contributed by atoms with van der Waals surface area (Å²) in [4.78, 5) is 0. The van der Waals surface area contributed by atoms with E-state index in [0.717, 1.165) is 17.8 Å². The molecule has 1 aromatic rings. The first kappa shape index (κ1) is 15.9. The molecule has 9 heteroatoms. The van der Waals surface area contributed by atoms with Crippen molar-refractivity contribution in [3.63, 3.8) is 0 Å². The van der Waals surface area contributed by atoms with E-state index in [0.29, 0.717) is 25.9 Å². The van der Waals surface area contributed by atoms with Crippen LogP contribution in [0.1, 0.15) is 19.3 Å². The second-order valence-electron chi connectivity index (χ2n) is 4.61. The Balaban J connectivity index is 1.80. The molecule has 0 unspecified atom stereocenters. The molecule has 0 amide bonds. The van der Waals surface area contributed by atoms with E-state index in [1.54, 1.807) is 17.5 Å². The zero-order valence-corrected chi connectivity index (χ0v) is 13.4. The molecule has 1 aliphatic heterocycles. The highest BCUT2D eigenvalue weighted by molar-refractivity contribution is 7.91. The second-order valence-corrected chi connectivity index (χ2v) is 9.64. The van der Waals surface area contributed by atoms with Gasteiger partial charge in [-0.1, -0.05) is 6.07 Å². The van der Waals surface area contributed by atoms with Crippen molar-refractivity contribution in [3.05, 3.63) is 17.5 Å². The summed E-state index contributed by atoms with van der Waals surface area (Å²) in [7, 11) is -6.57. The van der Waals surface area contributed by atoms with Gasteiger partial charge in [-0.3, -0.25) is 0 Å². The van der Waals surface area contributed by atoms with Gasteiger partial charge in [0.2, 0.25) is 20.0 Å². The number of hydrogen-bond acceptors (Lipinski definition) is 5. The first-order chi connectivity index (χ1) is 9.42. The van der Waals surface area contributed by atoms with Crippen LogP contribution in [0.15, 0.2) is 21.7 Å². The molecule has 1 aromatic heterocycles. The summed E-state index contributed by atoms with van der Waals surface area (Å²) in [5, 5.41) is 1.70. The predicted molar refractivity (Wildman–Crippen MR) is 78.7 cm³/mol. The van der Waals surface area contributed by atoms with E-state index in [9.17, 15) is 16.8 Å². The minimum atomic E-state index is -3.45. The molecule has 0 atom stereocenters. The summed E-state index contributed by atoms with van der Waals surface area (Å²) < 4.78 is 51.4. The molecule has 1 aliphatic rings. The van der Waals surface area contributed by atoms with Crippen LogP contribution in [0.25, 0.3) is 0 Å². The molecule has 114 valence electrons. The van der Waals surface area contributed by atoms with E-state index in [1.165, 1.54) is 4.31 Å². The zero-order chi connectivity index (χ0) is 14.6. The standard InChI is InChI=1S/C11H18N2O4S3/c14-19(15)10-2-1-7-13(19)8-4-6-12-20(16,17)11-5-3-9-18-11/h3,5,9,12H,1-2,4,6-8,10H2. The lowest BCUT2D eigenvalue weighted by Crippen LogP contribution is -2.39. The lowest BCUT2D eigenvalue weighted by Gasteiger charge is -2.26. The van der Waals surface area contributed by atoms with Crippen LogP contribution < -0.4 is 4.72 Å². The van der Waals surface area contributed by atoms with Crippen molar-refractivity contribution in [2.24, 2.45) is 0 Å². The third-order valence-electron chi connectivity index (χ3n) is 3.09. The van der Waals surface area contributed by atoms with Crippen LogP contribution in [0.4, 0.5) is 0 Å². The summed E-state index contributed by atoms with van der Waals surface area (Å²) in [6.07, 6.45) is 2.06. The topological polar surface area (TPSA) is 83.6 Å². The summed E-state index contributed by atoms with van der Waals surface area (Å²) in [6.45, 7) is 1.15. The van der Waals surface area contributed by atoms with E-state index in [-0.39, 0.29) is 16.5 Å². The van der Waals surface area contributed by atoms with Crippen molar-refractivity contribution in [1.82, 2.24) is 9.03 Å². The highest BCUT2D eigenvalue weighted by Crippen LogP contribution is 2.16. The molecule has 1 fully saturated rings. The van der Waals surface area contributed by atoms with Crippen LogP contribution in [-0.2, 0) is 20.0 Å². The summed E-state index contributed by atoms with van der Waals surface area (Å²) in [5.74, 6) is 0.202. The molecule has 0 spiro atoms. The van der Waals surface area contributed by atoms with Gasteiger partial charge in [-0.05, 0) is 30.7 Å². The SMILES string of the molecule is O=S(=O)(NCCCN1CCCCS1(=O)=O)c1cccs1. The quantitative estimate of drug-likeness (QED) is 0.779. The molecule has 0 aromatic carbocycles. The lowest BCUT2D eigenvalue weighted by molar-refractivity contribution is 0.378. The largest absolute Gasteiger partial charge is 0.250 e. The van der Waals surface area contributed by atoms with E-state index in [1.807, 2.05) is 0 Å². The Kier molecular flexibility index (Phi) is 5.19. The molecule has 6 nitrogen and oxygen atoms in total. The van der Waals surface area contributed by atoms with Gasteiger partial charge < -0.3 is 0 Å². The van der Waals surface area contributed by atoms with Gasteiger partial charge in [-0.15, -0.1) is 11.3 Å². The van der Waals surface area contributed by atoms with Crippen molar-refractivity contribution in [2.45, 2.75) is 23.5 Å². The minimum Gasteiger partial charge on any atom is -0.212 e. The molecule has 2 heterocycles. The fourth-order valence-electron chi connectivity index (χ4n) is 2.04. The zero-order valence-electron chi connectivity index (χ0n) is 11.0. The Morgan fingerprint density at radius 2 is 2.15 bits per heavy atom. The van der Waals surface area contributed by atoms with Crippen LogP contribution in [0, 0.1) is 0 Å². The van der Waals surface area contributed by atoms with Crippen molar-refractivity contribution < 1.29 is 16.8 Å². The van der Waals surface area contributed by atoms with Crippen LogP contribution in [0.2, 0.25) is 0 Å². The molecule has 1 N–H and O–H groups in total. The van der Waals surface area contributed by atoms with Gasteiger partial charge in [-0.2, -0.15) is 0 Å². The maximum absolute atomic E-state index is 11.8. The molecule has 0 radical (unpaired) electrons. The van der Waals surface area contributed by atoms with E-state index >= 15 is 0 Å². The monoisotopic (exact) mass is 338 g/mol.